The Kier molecular flexibility index (Phi) is 5.07. The number of nitriles is 1. The summed E-state index contributed by atoms with van der Waals surface area (Å²) in [6, 6.07) is 3.20. The van der Waals surface area contributed by atoms with Crippen molar-refractivity contribution in [3.05, 3.63) is 0 Å². The zero-order valence-electron chi connectivity index (χ0n) is 10.2. The van der Waals surface area contributed by atoms with E-state index < -0.39 is 0 Å². The highest BCUT2D eigenvalue weighted by atomic mass is 15.3. The van der Waals surface area contributed by atoms with E-state index >= 15 is 0 Å². The van der Waals surface area contributed by atoms with Gasteiger partial charge in [-0.15, -0.1) is 0 Å². The molecule has 0 aromatic carbocycles. The molecule has 3 heteroatoms. The lowest BCUT2D eigenvalue weighted by Crippen LogP contribution is -2.51. The van der Waals surface area contributed by atoms with Crippen molar-refractivity contribution in [2.45, 2.75) is 45.7 Å². The van der Waals surface area contributed by atoms with E-state index in [1.165, 1.54) is 0 Å². The summed E-state index contributed by atoms with van der Waals surface area (Å²) in [7, 11) is 0. The minimum Gasteiger partial charge on any atom is -0.298 e. The van der Waals surface area contributed by atoms with Crippen molar-refractivity contribution >= 4 is 0 Å². The van der Waals surface area contributed by atoms with Gasteiger partial charge in [-0.05, 0) is 20.3 Å². The van der Waals surface area contributed by atoms with Crippen molar-refractivity contribution in [2.24, 2.45) is 0 Å². The Morgan fingerprint density at radius 3 is 2.07 bits per heavy atom. The van der Waals surface area contributed by atoms with Crippen molar-refractivity contribution < 1.29 is 0 Å². The first-order chi connectivity index (χ1) is 7.19. The summed E-state index contributed by atoms with van der Waals surface area (Å²) in [6.45, 7) is 11.0. The van der Waals surface area contributed by atoms with Gasteiger partial charge in [0, 0.05) is 32.2 Å². The second-order valence-electron chi connectivity index (χ2n) is 4.60. The van der Waals surface area contributed by atoms with Gasteiger partial charge < -0.3 is 0 Å². The molecule has 0 bridgehead atoms. The maximum atomic E-state index is 9.08. The summed E-state index contributed by atoms with van der Waals surface area (Å²) < 4.78 is 0. The molecule has 0 aromatic rings. The molecule has 1 rings (SSSR count). The zero-order chi connectivity index (χ0) is 11.3. The van der Waals surface area contributed by atoms with Crippen LogP contribution in [-0.2, 0) is 0 Å². The normalized spacial score (nSPS) is 21.5. The smallest absolute Gasteiger partial charge is 0.0978 e. The Hall–Kier alpha value is -0.590. The third-order valence-corrected chi connectivity index (χ3v) is 3.23. The van der Waals surface area contributed by atoms with Crippen LogP contribution < -0.4 is 0 Å². The maximum absolute atomic E-state index is 9.08. The Morgan fingerprint density at radius 1 is 1.13 bits per heavy atom. The highest BCUT2D eigenvalue weighted by Gasteiger charge is 2.23. The molecule has 0 aliphatic carbocycles. The van der Waals surface area contributed by atoms with Crippen LogP contribution in [0.1, 0.15) is 33.6 Å². The summed E-state index contributed by atoms with van der Waals surface area (Å²) in [5.41, 5.74) is 0. The van der Waals surface area contributed by atoms with Crippen LogP contribution in [-0.4, -0.2) is 48.1 Å². The van der Waals surface area contributed by atoms with E-state index in [9.17, 15) is 0 Å². The molecular weight excluding hydrogens is 186 g/mol. The van der Waals surface area contributed by atoms with E-state index in [1.807, 2.05) is 0 Å². The minimum atomic E-state index is 0.143. The molecule has 0 N–H and O–H groups in total. The average Bonchev–Trinajstić information content (AvgIpc) is 2.26. The van der Waals surface area contributed by atoms with Gasteiger partial charge in [0.25, 0.3) is 0 Å². The third kappa shape index (κ3) is 3.48. The first kappa shape index (κ1) is 12.5. The number of hydrogen-bond acceptors (Lipinski definition) is 3. The van der Waals surface area contributed by atoms with Crippen molar-refractivity contribution in [3.63, 3.8) is 0 Å². The monoisotopic (exact) mass is 209 g/mol. The van der Waals surface area contributed by atoms with Crippen LogP contribution >= 0.6 is 0 Å². The maximum Gasteiger partial charge on any atom is 0.0978 e. The number of hydrogen-bond donors (Lipinski definition) is 0. The second kappa shape index (κ2) is 6.09. The van der Waals surface area contributed by atoms with Gasteiger partial charge in [-0.25, -0.2) is 0 Å². The van der Waals surface area contributed by atoms with Gasteiger partial charge in [-0.2, -0.15) is 5.26 Å². The van der Waals surface area contributed by atoms with E-state index in [-0.39, 0.29) is 6.04 Å². The number of nitrogens with zero attached hydrogens (tertiary/aromatic N) is 3. The molecule has 0 amide bonds. The van der Waals surface area contributed by atoms with Gasteiger partial charge in [0.15, 0.2) is 0 Å². The summed E-state index contributed by atoms with van der Waals surface area (Å²) in [5.74, 6) is 0. The summed E-state index contributed by atoms with van der Waals surface area (Å²) >= 11 is 0. The minimum absolute atomic E-state index is 0.143. The molecule has 0 aromatic heterocycles. The molecule has 1 aliphatic rings. The van der Waals surface area contributed by atoms with E-state index in [2.05, 4.69) is 36.6 Å². The highest BCUT2D eigenvalue weighted by Crippen LogP contribution is 2.11. The SMILES string of the molecule is CCCC(C#N)N1CCN(C(C)C)CC1. The molecule has 1 atom stereocenters. The molecule has 0 saturated carbocycles. The van der Waals surface area contributed by atoms with E-state index in [0.717, 1.165) is 39.0 Å². The quantitative estimate of drug-likeness (QED) is 0.706. The molecule has 1 fully saturated rings. The molecule has 1 saturated heterocycles. The molecule has 86 valence electrons. The highest BCUT2D eigenvalue weighted by molar-refractivity contribution is 4.93. The first-order valence-corrected chi connectivity index (χ1v) is 6.06. The van der Waals surface area contributed by atoms with Crippen molar-refractivity contribution in [1.82, 2.24) is 9.80 Å². The van der Waals surface area contributed by atoms with Crippen LogP contribution in [0.25, 0.3) is 0 Å². The molecule has 3 nitrogen and oxygen atoms in total. The van der Waals surface area contributed by atoms with Crippen LogP contribution in [0.15, 0.2) is 0 Å². The van der Waals surface area contributed by atoms with Gasteiger partial charge >= 0.3 is 0 Å². The van der Waals surface area contributed by atoms with Crippen LogP contribution in [0.4, 0.5) is 0 Å². The third-order valence-electron chi connectivity index (χ3n) is 3.23. The lowest BCUT2D eigenvalue weighted by Gasteiger charge is -2.38. The van der Waals surface area contributed by atoms with Crippen molar-refractivity contribution in [2.75, 3.05) is 26.2 Å². The second-order valence-corrected chi connectivity index (χ2v) is 4.60. The summed E-state index contributed by atoms with van der Waals surface area (Å²) in [4.78, 5) is 4.82. The van der Waals surface area contributed by atoms with Gasteiger partial charge in [0.2, 0.25) is 0 Å². The predicted molar refractivity (Wildman–Crippen MR) is 62.6 cm³/mol. The van der Waals surface area contributed by atoms with Crippen molar-refractivity contribution in [1.29, 1.82) is 5.26 Å². The lowest BCUT2D eigenvalue weighted by atomic mass is 10.1. The van der Waals surface area contributed by atoms with Crippen LogP contribution in [0, 0.1) is 11.3 Å². The van der Waals surface area contributed by atoms with Crippen molar-refractivity contribution in [3.8, 4) is 6.07 Å². The molecule has 0 radical (unpaired) electrons. The molecule has 15 heavy (non-hydrogen) atoms. The summed E-state index contributed by atoms with van der Waals surface area (Å²) in [6.07, 6.45) is 2.11. The topological polar surface area (TPSA) is 30.3 Å². The molecule has 1 aliphatic heterocycles. The lowest BCUT2D eigenvalue weighted by molar-refractivity contribution is 0.0906. The summed E-state index contributed by atoms with van der Waals surface area (Å²) in [5, 5.41) is 9.08. The van der Waals surface area contributed by atoms with Gasteiger partial charge in [0.1, 0.15) is 0 Å². The number of rotatable bonds is 4. The molecular formula is C12H23N3. The van der Waals surface area contributed by atoms with Gasteiger partial charge in [-0.1, -0.05) is 13.3 Å². The molecule has 1 unspecified atom stereocenters. The Morgan fingerprint density at radius 2 is 1.67 bits per heavy atom. The van der Waals surface area contributed by atoms with E-state index in [0.29, 0.717) is 6.04 Å². The van der Waals surface area contributed by atoms with Gasteiger partial charge in [0.05, 0.1) is 12.1 Å². The van der Waals surface area contributed by atoms with E-state index in [4.69, 9.17) is 5.26 Å². The van der Waals surface area contributed by atoms with Crippen LogP contribution in [0.3, 0.4) is 0 Å². The fourth-order valence-electron chi connectivity index (χ4n) is 2.17. The van der Waals surface area contributed by atoms with E-state index in [1.54, 1.807) is 0 Å². The predicted octanol–water partition coefficient (Wildman–Crippen LogP) is 1.70. The zero-order valence-corrected chi connectivity index (χ0v) is 10.2. The Bertz CT molecular complexity index is 211. The van der Waals surface area contributed by atoms with Crippen LogP contribution in [0.5, 0.6) is 0 Å². The Labute approximate surface area is 93.7 Å². The standard InChI is InChI=1S/C12H23N3/c1-4-5-12(10-13)15-8-6-14(7-9-15)11(2)3/h11-12H,4-9H2,1-3H3. The molecule has 1 heterocycles. The average molecular weight is 209 g/mol. The van der Waals surface area contributed by atoms with Crippen LogP contribution in [0.2, 0.25) is 0 Å². The fourth-order valence-corrected chi connectivity index (χ4v) is 2.17. The fraction of sp³-hybridized carbons (Fsp3) is 0.917. The molecule has 0 spiro atoms. The first-order valence-electron chi connectivity index (χ1n) is 6.06. The largest absolute Gasteiger partial charge is 0.298 e. The number of piperazine rings is 1. The Balaban J connectivity index is 2.39. The van der Waals surface area contributed by atoms with Gasteiger partial charge in [-0.3, -0.25) is 9.80 Å².